The molecule has 0 unspecified atom stereocenters. The molecule has 126 valence electrons. The number of hydrogen-bond acceptors (Lipinski definition) is 5. The Bertz CT molecular complexity index is 1050. The van der Waals surface area contributed by atoms with Gasteiger partial charge in [-0.25, -0.2) is 4.98 Å². The van der Waals surface area contributed by atoms with Crippen LogP contribution in [0.3, 0.4) is 0 Å². The molecule has 0 aliphatic rings. The van der Waals surface area contributed by atoms with Crippen molar-refractivity contribution in [3.05, 3.63) is 79.9 Å². The summed E-state index contributed by atoms with van der Waals surface area (Å²) in [5.41, 5.74) is 2.37. The van der Waals surface area contributed by atoms with E-state index in [4.69, 9.17) is 0 Å². The molecule has 2 N–H and O–H groups in total. The number of fused-ring (bicyclic) bond motifs is 1. The highest BCUT2D eigenvalue weighted by Gasteiger charge is 2.13. The van der Waals surface area contributed by atoms with E-state index in [2.05, 4.69) is 20.4 Å². The fourth-order valence-electron chi connectivity index (χ4n) is 2.72. The van der Waals surface area contributed by atoms with Crippen molar-refractivity contribution in [2.45, 2.75) is 19.9 Å². The molecule has 25 heavy (non-hydrogen) atoms. The predicted molar refractivity (Wildman–Crippen MR) is 99.2 cm³/mol. The second kappa shape index (κ2) is 6.52. The quantitative estimate of drug-likeness (QED) is 0.580. The van der Waals surface area contributed by atoms with Crippen LogP contribution in [0.2, 0.25) is 0 Å². The number of aryl methyl sites for hydroxylation is 1. The smallest absolute Gasteiger partial charge is 0.277 e. The van der Waals surface area contributed by atoms with Crippen LogP contribution in [0, 0.1) is 6.92 Å². The third-order valence-corrected chi connectivity index (χ3v) is 4.91. The van der Waals surface area contributed by atoms with Crippen molar-refractivity contribution in [3.63, 3.8) is 0 Å². The van der Waals surface area contributed by atoms with Gasteiger partial charge < -0.3 is 5.32 Å². The molecular weight excluding hydrogens is 334 g/mol. The summed E-state index contributed by atoms with van der Waals surface area (Å²) in [5, 5.41) is 8.23. The zero-order valence-corrected chi connectivity index (χ0v) is 14.5. The fourth-order valence-corrected chi connectivity index (χ4v) is 3.37. The van der Waals surface area contributed by atoms with Gasteiger partial charge in [0.25, 0.3) is 11.3 Å². The summed E-state index contributed by atoms with van der Waals surface area (Å²) in [6.45, 7) is 2.51. The minimum atomic E-state index is -0.108. The van der Waals surface area contributed by atoms with E-state index in [0.29, 0.717) is 35.9 Å². The second-order valence-electron chi connectivity index (χ2n) is 5.78. The molecule has 0 aliphatic heterocycles. The van der Waals surface area contributed by atoms with E-state index in [0.717, 1.165) is 5.56 Å². The molecule has 4 rings (SSSR count). The molecule has 0 aliphatic carbocycles. The third-order valence-electron chi connectivity index (χ3n) is 4.03. The molecule has 0 bridgehead atoms. The molecule has 0 amide bonds. The molecule has 6 nitrogen and oxygen atoms in total. The van der Waals surface area contributed by atoms with Crippen LogP contribution >= 0.6 is 11.3 Å². The Morgan fingerprint density at radius 3 is 2.76 bits per heavy atom. The van der Waals surface area contributed by atoms with E-state index < -0.39 is 0 Å². The van der Waals surface area contributed by atoms with Crippen LogP contribution in [0.15, 0.2) is 52.6 Å². The van der Waals surface area contributed by atoms with Gasteiger partial charge in [0.2, 0.25) is 5.95 Å². The van der Waals surface area contributed by atoms with Gasteiger partial charge in [-0.05, 0) is 23.9 Å². The summed E-state index contributed by atoms with van der Waals surface area (Å²) in [7, 11) is 0. The first-order chi connectivity index (χ1) is 12.2. The Labute approximate surface area is 148 Å². The van der Waals surface area contributed by atoms with E-state index in [9.17, 15) is 4.79 Å². The lowest BCUT2D eigenvalue weighted by Gasteiger charge is -2.04. The summed E-state index contributed by atoms with van der Waals surface area (Å²) in [6, 6.07) is 14.0. The van der Waals surface area contributed by atoms with E-state index in [1.165, 1.54) is 9.39 Å². The molecule has 4 aromatic rings. The van der Waals surface area contributed by atoms with Crippen molar-refractivity contribution in [3.8, 4) is 0 Å². The molecule has 0 spiro atoms. The van der Waals surface area contributed by atoms with Gasteiger partial charge in [-0.1, -0.05) is 36.4 Å². The zero-order valence-electron chi connectivity index (χ0n) is 13.7. The van der Waals surface area contributed by atoms with Crippen LogP contribution in [0.1, 0.15) is 21.7 Å². The van der Waals surface area contributed by atoms with Crippen molar-refractivity contribution >= 4 is 23.1 Å². The fraction of sp³-hybridized carbons (Fsp3) is 0.167. The van der Waals surface area contributed by atoms with Gasteiger partial charge in [0.15, 0.2) is 0 Å². The first kappa shape index (κ1) is 15.6. The standard InChI is InChI=1S/C18H17N5OS/c1-12-15(10-13-6-3-2-4-7-13)16(24)23-18(20-12)21-17(22-23)19-11-14-8-5-9-25-14/h2-9H,10-11H2,1H3,(H2,19,20,21,22). The van der Waals surface area contributed by atoms with Gasteiger partial charge in [-0.15, -0.1) is 11.3 Å². The Morgan fingerprint density at radius 2 is 2.00 bits per heavy atom. The molecule has 3 aromatic heterocycles. The average Bonchev–Trinajstić information content (AvgIpc) is 3.27. The highest BCUT2D eigenvalue weighted by atomic mass is 32.1. The summed E-state index contributed by atoms with van der Waals surface area (Å²) in [5.74, 6) is 0.919. The number of anilines is 1. The van der Waals surface area contributed by atoms with Gasteiger partial charge >= 0.3 is 0 Å². The highest BCUT2D eigenvalue weighted by Crippen LogP contribution is 2.12. The summed E-state index contributed by atoms with van der Waals surface area (Å²) >= 11 is 1.67. The molecule has 0 atom stereocenters. The largest absolute Gasteiger partial charge is 0.350 e. The van der Waals surface area contributed by atoms with Gasteiger partial charge in [0.1, 0.15) is 0 Å². The van der Waals surface area contributed by atoms with Crippen molar-refractivity contribution in [2.75, 3.05) is 5.32 Å². The summed E-state index contributed by atoms with van der Waals surface area (Å²) in [6.07, 6.45) is 0.554. The Kier molecular flexibility index (Phi) is 4.07. The molecule has 0 saturated heterocycles. The number of aromatic nitrogens is 4. The molecule has 0 radical (unpaired) electrons. The lowest BCUT2D eigenvalue weighted by molar-refractivity contribution is 0.857. The Morgan fingerprint density at radius 1 is 1.16 bits per heavy atom. The van der Waals surface area contributed by atoms with Gasteiger partial charge in [0.05, 0.1) is 12.2 Å². The molecule has 0 saturated carbocycles. The first-order valence-electron chi connectivity index (χ1n) is 7.99. The van der Waals surface area contributed by atoms with Crippen LogP contribution in [-0.2, 0) is 13.0 Å². The minimum Gasteiger partial charge on any atom is -0.350 e. The van der Waals surface area contributed by atoms with E-state index >= 15 is 0 Å². The van der Waals surface area contributed by atoms with Crippen molar-refractivity contribution in [1.29, 1.82) is 0 Å². The van der Waals surface area contributed by atoms with Crippen LogP contribution < -0.4 is 10.9 Å². The average molecular weight is 351 g/mol. The number of aromatic amines is 1. The number of nitrogens with zero attached hydrogens (tertiary/aromatic N) is 3. The zero-order chi connectivity index (χ0) is 17.2. The number of nitrogens with one attached hydrogen (secondary N) is 2. The van der Waals surface area contributed by atoms with Crippen LogP contribution in [0.5, 0.6) is 0 Å². The van der Waals surface area contributed by atoms with E-state index in [-0.39, 0.29) is 5.56 Å². The van der Waals surface area contributed by atoms with Crippen LogP contribution in [-0.4, -0.2) is 19.6 Å². The van der Waals surface area contributed by atoms with Crippen LogP contribution in [0.4, 0.5) is 5.95 Å². The maximum Gasteiger partial charge on any atom is 0.277 e. The Balaban J connectivity index is 1.65. The van der Waals surface area contributed by atoms with Gasteiger partial charge in [0, 0.05) is 16.9 Å². The maximum absolute atomic E-state index is 12.8. The maximum atomic E-state index is 12.8. The molecular formula is C18H17N5OS. The normalized spacial score (nSPS) is 11.1. The highest BCUT2D eigenvalue weighted by molar-refractivity contribution is 7.09. The van der Waals surface area contributed by atoms with Crippen molar-refractivity contribution in [2.24, 2.45) is 0 Å². The minimum absolute atomic E-state index is 0.108. The lowest BCUT2D eigenvalue weighted by atomic mass is 10.1. The van der Waals surface area contributed by atoms with Crippen molar-refractivity contribution in [1.82, 2.24) is 19.6 Å². The molecule has 3 heterocycles. The number of thiophene rings is 1. The molecule has 7 heteroatoms. The van der Waals surface area contributed by atoms with Crippen LogP contribution in [0.25, 0.3) is 5.78 Å². The Hall–Kier alpha value is -2.93. The number of H-pyrrole nitrogens is 1. The first-order valence-corrected chi connectivity index (χ1v) is 8.87. The summed E-state index contributed by atoms with van der Waals surface area (Å²) in [4.78, 5) is 22.9. The van der Waals surface area contributed by atoms with Crippen molar-refractivity contribution < 1.29 is 0 Å². The topological polar surface area (TPSA) is 75.1 Å². The second-order valence-corrected chi connectivity index (χ2v) is 6.82. The van der Waals surface area contributed by atoms with Gasteiger partial charge in [-0.3, -0.25) is 9.89 Å². The predicted octanol–water partition coefficient (Wildman–Crippen LogP) is 2.99. The number of benzene rings is 1. The third kappa shape index (κ3) is 3.18. The monoisotopic (exact) mass is 351 g/mol. The molecule has 1 aromatic carbocycles. The molecule has 0 fully saturated rings. The number of rotatable bonds is 5. The SMILES string of the molecule is Cc1nc2nc(NCc3cccs3)[nH]n2c(=O)c1Cc1ccccc1. The summed E-state index contributed by atoms with van der Waals surface area (Å²) < 4.78 is 1.40. The number of hydrogen-bond donors (Lipinski definition) is 2. The van der Waals surface area contributed by atoms with Gasteiger partial charge in [-0.2, -0.15) is 9.50 Å². The van der Waals surface area contributed by atoms with E-state index in [1.54, 1.807) is 11.3 Å². The lowest BCUT2D eigenvalue weighted by Crippen LogP contribution is -2.22. The van der Waals surface area contributed by atoms with E-state index in [1.807, 2.05) is 54.8 Å².